The maximum absolute atomic E-state index is 12.5. The summed E-state index contributed by atoms with van der Waals surface area (Å²) < 4.78 is 5.14. The molecule has 0 aliphatic carbocycles. The van der Waals surface area contributed by atoms with Crippen LogP contribution in [-0.2, 0) is 9.59 Å². The first-order valence-corrected chi connectivity index (χ1v) is 9.31. The van der Waals surface area contributed by atoms with E-state index in [9.17, 15) is 9.59 Å². The van der Waals surface area contributed by atoms with Crippen molar-refractivity contribution in [2.45, 2.75) is 46.0 Å². The van der Waals surface area contributed by atoms with Gasteiger partial charge in [0, 0.05) is 25.2 Å². The third kappa shape index (κ3) is 5.21. The topological polar surface area (TPSA) is 58.6 Å². The average Bonchev–Trinajstić information content (AvgIpc) is 3.03. The number of nitrogens with one attached hydrogen (secondary N) is 1. The highest BCUT2D eigenvalue weighted by Crippen LogP contribution is 2.27. The second kappa shape index (κ2) is 9.44. The van der Waals surface area contributed by atoms with Gasteiger partial charge in [-0.25, -0.2) is 0 Å². The van der Waals surface area contributed by atoms with Crippen LogP contribution in [0.3, 0.4) is 0 Å². The predicted octanol–water partition coefficient (Wildman–Crippen LogP) is 3.38. The Kier molecular flexibility index (Phi) is 7.29. The van der Waals surface area contributed by atoms with Crippen LogP contribution in [0, 0.1) is 11.8 Å². The van der Waals surface area contributed by atoms with Gasteiger partial charge in [-0.05, 0) is 36.6 Å². The third-order valence-corrected chi connectivity index (χ3v) is 4.99. The number of unbranched alkanes of at least 4 members (excludes halogenated alkanes) is 1. The Labute approximate surface area is 150 Å². The first kappa shape index (κ1) is 19.3. The van der Waals surface area contributed by atoms with E-state index >= 15 is 0 Å². The van der Waals surface area contributed by atoms with Crippen molar-refractivity contribution in [2.24, 2.45) is 11.8 Å². The van der Waals surface area contributed by atoms with Gasteiger partial charge in [-0.3, -0.25) is 9.59 Å². The molecule has 0 radical (unpaired) electrons. The molecule has 1 aliphatic rings. The largest absolute Gasteiger partial charge is 0.497 e. The summed E-state index contributed by atoms with van der Waals surface area (Å²) >= 11 is 0. The molecule has 2 atom stereocenters. The number of rotatable bonds is 9. The number of benzene rings is 1. The third-order valence-electron chi connectivity index (χ3n) is 4.99. The Hall–Kier alpha value is -2.04. The van der Waals surface area contributed by atoms with Crippen molar-refractivity contribution in [1.82, 2.24) is 5.32 Å². The minimum Gasteiger partial charge on any atom is -0.497 e. The van der Waals surface area contributed by atoms with Crippen LogP contribution in [0.5, 0.6) is 5.75 Å². The first-order chi connectivity index (χ1) is 12.1. The van der Waals surface area contributed by atoms with Gasteiger partial charge in [0.15, 0.2) is 0 Å². The molecular weight excluding hydrogens is 316 g/mol. The lowest BCUT2D eigenvalue weighted by Gasteiger charge is -2.18. The number of hydrogen-bond acceptors (Lipinski definition) is 3. The summed E-state index contributed by atoms with van der Waals surface area (Å²) in [4.78, 5) is 26.4. The predicted molar refractivity (Wildman–Crippen MR) is 99.8 cm³/mol. The standard InChI is InChI=1S/C20H30N2O3/c1-4-6-7-15(5-2)13-21-20(24)16-12-19(23)22(14-16)17-8-10-18(25-3)11-9-17/h8-11,15-16H,4-7,12-14H2,1-3H3,(H,21,24). The second-order valence-corrected chi connectivity index (χ2v) is 6.77. The van der Waals surface area contributed by atoms with Crippen molar-refractivity contribution in [3.8, 4) is 5.75 Å². The lowest BCUT2D eigenvalue weighted by molar-refractivity contribution is -0.126. The highest BCUT2D eigenvalue weighted by molar-refractivity contribution is 6.00. The average molecular weight is 346 g/mol. The molecule has 25 heavy (non-hydrogen) atoms. The maximum atomic E-state index is 12.5. The summed E-state index contributed by atoms with van der Waals surface area (Å²) in [5.41, 5.74) is 0.815. The van der Waals surface area contributed by atoms with Crippen molar-refractivity contribution in [3.05, 3.63) is 24.3 Å². The summed E-state index contributed by atoms with van der Waals surface area (Å²) in [7, 11) is 1.61. The Morgan fingerprint density at radius 3 is 2.64 bits per heavy atom. The van der Waals surface area contributed by atoms with Gasteiger partial charge in [0.25, 0.3) is 0 Å². The molecule has 5 heteroatoms. The van der Waals surface area contributed by atoms with E-state index in [1.54, 1.807) is 12.0 Å². The molecule has 2 amide bonds. The monoisotopic (exact) mass is 346 g/mol. The second-order valence-electron chi connectivity index (χ2n) is 6.77. The van der Waals surface area contributed by atoms with Gasteiger partial charge in [-0.15, -0.1) is 0 Å². The number of nitrogens with zero attached hydrogens (tertiary/aromatic N) is 1. The molecule has 1 heterocycles. The van der Waals surface area contributed by atoms with Crippen molar-refractivity contribution >= 4 is 17.5 Å². The number of hydrogen-bond donors (Lipinski definition) is 1. The molecule has 0 saturated carbocycles. The normalized spacial score (nSPS) is 18.3. The Bertz CT molecular complexity index is 571. The van der Waals surface area contributed by atoms with Crippen LogP contribution in [0.25, 0.3) is 0 Å². The molecule has 0 spiro atoms. The summed E-state index contributed by atoms with van der Waals surface area (Å²) in [6.07, 6.45) is 4.88. The quantitative estimate of drug-likeness (QED) is 0.746. The lowest BCUT2D eigenvalue weighted by Crippen LogP contribution is -2.35. The van der Waals surface area contributed by atoms with E-state index in [0.29, 0.717) is 19.0 Å². The van der Waals surface area contributed by atoms with E-state index < -0.39 is 0 Å². The maximum Gasteiger partial charge on any atom is 0.227 e. The summed E-state index contributed by atoms with van der Waals surface area (Å²) in [6.45, 7) is 5.51. The van der Waals surface area contributed by atoms with Crippen molar-refractivity contribution < 1.29 is 14.3 Å². The molecule has 1 aliphatic heterocycles. The summed E-state index contributed by atoms with van der Waals surface area (Å²) in [5.74, 6) is 1.02. The van der Waals surface area contributed by atoms with Crippen LogP contribution >= 0.6 is 0 Å². The van der Waals surface area contributed by atoms with Gasteiger partial charge in [0.05, 0.1) is 13.0 Å². The van der Waals surface area contributed by atoms with E-state index in [1.165, 1.54) is 12.8 Å². The Morgan fingerprint density at radius 2 is 2.04 bits per heavy atom. The summed E-state index contributed by atoms with van der Waals surface area (Å²) in [5, 5.41) is 3.06. The van der Waals surface area contributed by atoms with Crippen LogP contribution in [0.2, 0.25) is 0 Å². The molecule has 1 saturated heterocycles. The zero-order valence-electron chi connectivity index (χ0n) is 15.6. The SMILES string of the molecule is CCCCC(CC)CNC(=O)C1CC(=O)N(c2ccc(OC)cc2)C1. The smallest absolute Gasteiger partial charge is 0.227 e. The van der Waals surface area contributed by atoms with Gasteiger partial charge in [-0.1, -0.05) is 33.1 Å². The minimum absolute atomic E-state index is 0.000639. The number of amides is 2. The van der Waals surface area contributed by atoms with Crippen LogP contribution in [0.4, 0.5) is 5.69 Å². The van der Waals surface area contributed by atoms with Crippen LogP contribution in [0.1, 0.15) is 46.0 Å². The number of methoxy groups -OCH3 is 1. The highest BCUT2D eigenvalue weighted by atomic mass is 16.5. The molecule has 138 valence electrons. The first-order valence-electron chi connectivity index (χ1n) is 9.31. The zero-order chi connectivity index (χ0) is 18.2. The fraction of sp³-hybridized carbons (Fsp3) is 0.600. The Balaban J connectivity index is 1.88. The van der Waals surface area contributed by atoms with Gasteiger partial charge in [0.2, 0.25) is 11.8 Å². The molecule has 5 nitrogen and oxygen atoms in total. The molecule has 0 aromatic heterocycles. The highest BCUT2D eigenvalue weighted by Gasteiger charge is 2.35. The molecule has 2 rings (SSSR count). The van der Waals surface area contributed by atoms with E-state index in [0.717, 1.165) is 24.3 Å². The van der Waals surface area contributed by atoms with Crippen LogP contribution < -0.4 is 15.0 Å². The van der Waals surface area contributed by atoms with Gasteiger partial charge in [-0.2, -0.15) is 0 Å². The number of anilines is 1. The minimum atomic E-state index is -0.265. The van der Waals surface area contributed by atoms with E-state index in [2.05, 4.69) is 19.2 Å². The fourth-order valence-electron chi connectivity index (χ4n) is 3.23. The number of carbonyl (C=O) groups excluding carboxylic acids is 2. The van der Waals surface area contributed by atoms with Crippen molar-refractivity contribution in [1.29, 1.82) is 0 Å². The Morgan fingerprint density at radius 1 is 1.32 bits per heavy atom. The number of ether oxygens (including phenoxy) is 1. The molecular formula is C20H30N2O3. The van der Waals surface area contributed by atoms with E-state index in [-0.39, 0.29) is 24.2 Å². The number of carbonyl (C=O) groups is 2. The zero-order valence-corrected chi connectivity index (χ0v) is 15.6. The van der Waals surface area contributed by atoms with Crippen LogP contribution in [0.15, 0.2) is 24.3 Å². The van der Waals surface area contributed by atoms with Crippen molar-refractivity contribution in [3.63, 3.8) is 0 Å². The van der Waals surface area contributed by atoms with Crippen molar-refractivity contribution in [2.75, 3.05) is 25.1 Å². The molecule has 0 bridgehead atoms. The lowest BCUT2D eigenvalue weighted by atomic mass is 9.99. The molecule has 1 fully saturated rings. The van der Waals surface area contributed by atoms with E-state index in [4.69, 9.17) is 4.74 Å². The fourth-order valence-corrected chi connectivity index (χ4v) is 3.23. The van der Waals surface area contributed by atoms with Crippen LogP contribution in [-0.4, -0.2) is 32.0 Å². The summed E-state index contributed by atoms with van der Waals surface area (Å²) in [6, 6.07) is 7.37. The van der Waals surface area contributed by atoms with Gasteiger partial charge >= 0.3 is 0 Å². The molecule has 2 unspecified atom stereocenters. The molecule has 1 N–H and O–H groups in total. The molecule has 1 aromatic rings. The van der Waals surface area contributed by atoms with Gasteiger partial charge < -0.3 is 15.0 Å². The molecule has 1 aromatic carbocycles. The van der Waals surface area contributed by atoms with Gasteiger partial charge in [0.1, 0.15) is 5.75 Å². The van der Waals surface area contributed by atoms with E-state index in [1.807, 2.05) is 24.3 Å².